The fraction of sp³-hybridized carbons (Fsp3) is 0.200. The molecule has 0 atom stereocenters. The highest BCUT2D eigenvalue weighted by molar-refractivity contribution is 6.07. The van der Waals surface area contributed by atoms with Crippen LogP contribution >= 0.6 is 0 Å². The summed E-state index contributed by atoms with van der Waals surface area (Å²) in [5.41, 5.74) is 7.26. The van der Waals surface area contributed by atoms with E-state index in [0.717, 1.165) is 45.3 Å². The SMILES string of the molecule is CCCOc1ccccc1Cn1c2nc3ccccc3nc2c2cccc(C)c21. The Morgan fingerprint density at radius 1 is 0.862 bits per heavy atom. The number of para-hydroxylation sites is 4. The van der Waals surface area contributed by atoms with E-state index in [1.807, 2.05) is 36.4 Å². The molecule has 0 spiro atoms. The molecule has 4 heteroatoms. The molecule has 144 valence electrons. The zero-order valence-corrected chi connectivity index (χ0v) is 16.7. The van der Waals surface area contributed by atoms with E-state index >= 15 is 0 Å². The van der Waals surface area contributed by atoms with Gasteiger partial charge >= 0.3 is 0 Å². The van der Waals surface area contributed by atoms with Gasteiger partial charge in [0.25, 0.3) is 0 Å². The molecule has 5 rings (SSSR count). The molecule has 0 radical (unpaired) electrons. The van der Waals surface area contributed by atoms with E-state index in [0.29, 0.717) is 13.2 Å². The molecular formula is C25H23N3O. The maximum absolute atomic E-state index is 6.01. The van der Waals surface area contributed by atoms with Crippen molar-refractivity contribution in [2.45, 2.75) is 26.8 Å². The molecule has 0 aliphatic rings. The molecule has 4 nitrogen and oxygen atoms in total. The Kier molecular flexibility index (Phi) is 4.39. The van der Waals surface area contributed by atoms with Crippen molar-refractivity contribution in [1.29, 1.82) is 0 Å². The van der Waals surface area contributed by atoms with Gasteiger partial charge in [-0.2, -0.15) is 0 Å². The molecule has 0 fully saturated rings. The largest absolute Gasteiger partial charge is 0.493 e. The van der Waals surface area contributed by atoms with Gasteiger partial charge in [-0.05, 0) is 37.1 Å². The Hall–Kier alpha value is -3.40. The van der Waals surface area contributed by atoms with Gasteiger partial charge in [0.05, 0.1) is 29.7 Å². The van der Waals surface area contributed by atoms with Crippen molar-refractivity contribution in [1.82, 2.24) is 14.5 Å². The molecule has 0 aliphatic carbocycles. The van der Waals surface area contributed by atoms with Crippen molar-refractivity contribution in [3.05, 3.63) is 77.9 Å². The molecule has 29 heavy (non-hydrogen) atoms. The highest BCUT2D eigenvalue weighted by Gasteiger charge is 2.17. The topological polar surface area (TPSA) is 39.9 Å². The summed E-state index contributed by atoms with van der Waals surface area (Å²) in [4.78, 5) is 9.97. The second-order valence-electron chi connectivity index (χ2n) is 7.40. The minimum Gasteiger partial charge on any atom is -0.493 e. The van der Waals surface area contributed by atoms with Crippen LogP contribution in [0.2, 0.25) is 0 Å². The molecule has 0 saturated carbocycles. The second-order valence-corrected chi connectivity index (χ2v) is 7.40. The van der Waals surface area contributed by atoms with Gasteiger partial charge < -0.3 is 9.30 Å². The third kappa shape index (κ3) is 3.01. The van der Waals surface area contributed by atoms with Crippen LogP contribution in [0.15, 0.2) is 66.7 Å². The average molecular weight is 381 g/mol. The predicted molar refractivity (Wildman–Crippen MR) is 119 cm³/mol. The smallest absolute Gasteiger partial charge is 0.160 e. The molecular weight excluding hydrogens is 358 g/mol. The van der Waals surface area contributed by atoms with Crippen molar-refractivity contribution in [3.8, 4) is 5.75 Å². The van der Waals surface area contributed by atoms with E-state index in [4.69, 9.17) is 14.7 Å². The van der Waals surface area contributed by atoms with Gasteiger partial charge in [0, 0.05) is 10.9 Å². The highest BCUT2D eigenvalue weighted by atomic mass is 16.5. The Morgan fingerprint density at radius 2 is 1.62 bits per heavy atom. The lowest BCUT2D eigenvalue weighted by atomic mass is 10.1. The van der Waals surface area contributed by atoms with Crippen LogP contribution in [0.4, 0.5) is 0 Å². The summed E-state index contributed by atoms with van der Waals surface area (Å²) in [5.74, 6) is 0.937. The number of ether oxygens (including phenoxy) is 1. The Morgan fingerprint density at radius 3 is 2.45 bits per heavy atom. The fourth-order valence-corrected chi connectivity index (χ4v) is 3.99. The van der Waals surface area contributed by atoms with E-state index < -0.39 is 0 Å². The molecule has 0 amide bonds. The molecule has 5 aromatic rings. The average Bonchev–Trinajstić information content (AvgIpc) is 3.05. The minimum atomic E-state index is 0.692. The van der Waals surface area contributed by atoms with Crippen LogP contribution in [0.5, 0.6) is 5.75 Å². The number of nitrogens with zero attached hydrogens (tertiary/aromatic N) is 3. The number of rotatable bonds is 5. The van der Waals surface area contributed by atoms with Crippen LogP contribution in [-0.4, -0.2) is 21.1 Å². The summed E-state index contributed by atoms with van der Waals surface area (Å²) < 4.78 is 8.30. The first-order chi connectivity index (χ1) is 14.3. The van der Waals surface area contributed by atoms with Crippen molar-refractivity contribution in [2.24, 2.45) is 0 Å². The number of hydrogen-bond acceptors (Lipinski definition) is 3. The lowest BCUT2D eigenvalue weighted by Gasteiger charge is -2.13. The van der Waals surface area contributed by atoms with E-state index in [2.05, 4.69) is 48.7 Å². The molecule has 3 aromatic carbocycles. The second kappa shape index (κ2) is 7.21. The molecule has 0 unspecified atom stereocenters. The van der Waals surface area contributed by atoms with Crippen LogP contribution < -0.4 is 4.74 Å². The van der Waals surface area contributed by atoms with Crippen LogP contribution in [0, 0.1) is 6.92 Å². The Balaban J connectivity index is 1.77. The lowest BCUT2D eigenvalue weighted by molar-refractivity contribution is 0.313. The number of fused-ring (bicyclic) bond motifs is 4. The van der Waals surface area contributed by atoms with Gasteiger partial charge in [0.1, 0.15) is 11.3 Å². The van der Waals surface area contributed by atoms with Crippen LogP contribution in [0.1, 0.15) is 24.5 Å². The minimum absolute atomic E-state index is 0.692. The van der Waals surface area contributed by atoms with Gasteiger partial charge in [0.15, 0.2) is 5.65 Å². The molecule has 2 aromatic heterocycles. The van der Waals surface area contributed by atoms with Crippen molar-refractivity contribution in [3.63, 3.8) is 0 Å². The standard InChI is InChI=1S/C25H23N3O/c1-3-15-29-22-14-7-4-10-18(22)16-28-24-17(2)9-8-11-19(24)23-25(28)27-21-13-6-5-12-20(21)26-23/h4-14H,3,15-16H2,1-2H3. The monoisotopic (exact) mass is 381 g/mol. The Labute approximate surface area is 169 Å². The highest BCUT2D eigenvalue weighted by Crippen LogP contribution is 2.32. The maximum Gasteiger partial charge on any atom is 0.160 e. The number of benzene rings is 3. The quantitative estimate of drug-likeness (QED) is 0.381. The van der Waals surface area contributed by atoms with Crippen molar-refractivity contribution < 1.29 is 4.74 Å². The number of aromatic nitrogens is 3. The molecule has 0 N–H and O–H groups in total. The third-order valence-electron chi connectivity index (χ3n) is 5.33. The number of hydrogen-bond donors (Lipinski definition) is 0. The summed E-state index contributed by atoms with van der Waals surface area (Å²) in [7, 11) is 0. The van der Waals surface area contributed by atoms with Crippen LogP contribution in [0.3, 0.4) is 0 Å². The first kappa shape index (κ1) is 17.7. The maximum atomic E-state index is 6.01. The zero-order chi connectivity index (χ0) is 19.8. The van der Waals surface area contributed by atoms with E-state index in [-0.39, 0.29) is 0 Å². The molecule has 0 saturated heterocycles. The molecule has 0 bridgehead atoms. The van der Waals surface area contributed by atoms with Gasteiger partial charge in [-0.3, -0.25) is 0 Å². The van der Waals surface area contributed by atoms with E-state index in [9.17, 15) is 0 Å². The third-order valence-corrected chi connectivity index (χ3v) is 5.33. The van der Waals surface area contributed by atoms with Crippen molar-refractivity contribution >= 4 is 33.1 Å². The lowest BCUT2D eigenvalue weighted by Crippen LogP contribution is -2.05. The predicted octanol–water partition coefficient (Wildman–Crippen LogP) is 5.88. The first-order valence-electron chi connectivity index (χ1n) is 10.1. The van der Waals surface area contributed by atoms with Gasteiger partial charge in [-0.15, -0.1) is 0 Å². The van der Waals surface area contributed by atoms with Crippen LogP contribution in [-0.2, 0) is 6.54 Å². The van der Waals surface area contributed by atoms with Gasteiger partial charge in [-0.1, -0.05) is 55.5 Å². The normalized spacial score (nSPS) is 11.5. The summed E-state index contributed by atoms with van der Waals surface area (Å²) >= 11 is 0. The molecule has 0 aliphatic heterocycles. The Bertz CT molecular complexity index is 1340. The van der Waals surface area contributed by atoms with Gasteiger partial charge in [-0.25, -0.2) is 9.97 Å². The summed E-state index contributed by atoms with van der Waals surface area (Å²) in [6.45, 7) is 5.68. The molecule has 2 heterocycles. The fourth-order valence-electron chi connectivity index (χ4n) is 3.99. The first-order valence-corrected chi connectivity index (χ1v) is 10.1. The number of aryl methyl sites for hydroxylation is 1. The van der Waals surface area contributed by atoms with Crippen molar-refractivity contribution in [2.75, 3.05) is 6.61 Å². The van der Waals surface area contributed by atoms with E-state index in [1.165, 1.54) is 11.1 Å². The van der Waals surface area contributed by atoms with E-state index in [1.54, 1.807) is 0 Å². The summed E-state index contributed by atoms with van der Waals surface area (Å²) in [6.07, 6.45) is 0.986. The zero-order valence-electron chi connectivity index (χ0n) is 16.7. The van der Waals surface area contributed by atoms with Crippen LogP contribution in [0.25, 0.3) is 33.1 Å². The van der Waals surface area contributed by atoms with Gasteiger partial charge in [0.2, 0.25) is 0 Å². The summed E-state index contributed by atoms with van der Waals surface area (Å²) in [5, 5.41) is 1.14. The summed E-state index contributed by atoms with van der Waals surface area (Å²) in [6, 6.07) is 22.7.